The van der Waals surface area contributed by atoms with Crippen molar-refractivity contribution in [2.45, 2.75) is 0 Å². The zero-order valence-corrected chi connectivity index (χ0v) is 7.62. The van der Waals surface area contributed by atoms with Crippen molar-refractivity contribution in [2.75, 3.05) is 0 Å². The van der Waals surface area contributed by atoms with Gasteiger partial charge in [0.1, 0.15) is 0 Å². The van der Waals surface area contributed by atoms with E-state index in [9.17, 15) is 19.3 Å². The van der Waals surface area contributed by atoms with Gasteiger partial charge in [-0.25, -0.2) is 0 Å². The Hall–Kier alpha value is -1.63. The molecule has 0 atom stereocenters. The van der Waals surface area contributed by atoms with Crippen molar-refractivity contribution in [3.8, 4) is 0 Å². The van der Waals surface area contributed by atoms with Crippen LogP contribution >= 0.6 is 12.8 Å². The predicted molar refractivity (Wildman–Crippen MR) is 49.5 cm³/mol. The Morgan fingerprint density at radius 1 is 1.57 bits per heavy atom. The summed E-state index contributed by atoms with van der Waals surface area (Å²) in [6.07, 6.45) is 0. The Labute approximate surface area is 83.6 Å². The minimum atomic E-state index is -0.981. The molecule has 0 unspecified atom stereocenters. The van der Waals surface area contributed by atoms with Crippen molar-refractivity contribution in [2.24, 2.45) is 0 Å². The number of nitro groups is 1. The van der Waals surface area contributed by atoms with Gasteiger partial charge in [0.05, 0.1) is 4.92 Å². The lowest BCUT2D eigenvalue weighted by Gasteiger charge is -1.98. The van der Waals surface area contributed by atoms with E-state index >= 15 is 0 Å². The summed E-state index contributed by atoms with van der Waals surface area (Å²) in [6, 6.07) is 2.84. The lowest BCUT2D eigenvalue weighted by atomic mass is 10.2. The second-order valence-electron chi connectivity index (χ2n) is 2.36. The molecule has 0 saturated carbocycles. The van der Waals surface area contributed by atoms with Gasteiger partial charge in [-0.3, -0.25) is 19.6 Å². The van der Waals surface area contributed by atoms with E-state index < -0.39 is 22.3 Å². The Balaban J connectivity index is 3.19. The standard InChI is InChI=1S/C7H5FN2O3S/c8-5-2-1-4(7(11)9-14)3-6(5)10(12)13/h1-3,14H,(H,9,11). The largest absolute Gasteiger partial charge is 0.305 e. The molecule has 0 saturated heterocycles. The number of hydrogen-bond donors (Lipinski definition) is 2. The number of amides is 1. The number of carbonyl (C=O) groups excluding carboxylic acids is 1. The highest BCUT2D eigenvalue weighted by atomic mass is 32.1. The van der Waals surface area contributed by atoms with Crippen LogP contribution in [0.25, 0.3) is 0 Å². The van der Waals surface area contributed by atoms with E-state index in [2.05, 4.69) is 12.8 Å². The molecule has 0 bridgehead atoms. The molecule has 0 aliphatic carbocycles. The molecule has 0 radical (unpaired) electrons. The van der Waals surface area contributed by atoms with Crippen LogP contribution in [0.3, 0.4) is 0 Å². The van der Waals surface area contributed by atoms with Crippen LogP contribution in [0.5, 0.6) is 0 Å². The number of nitrogens with zero attached hydrogens (tertiary/aromatic N) is 1. The molecule has 0 aliphatic rings. The molecule has 7 heteroatoms. The second-order valence-corrected chi connectivity index (χ2v) is 2.59. The Bertz CT molecular complexity index is 397. The van der Waals surface area contributed by atoms with Gasteiger partial charge in [0.25, 0.3) is 5.91 Å². The third-order valence-corrected chi connectivity index (χ3v) is 1.71. The molecular weight excluding hydrogens is 211 g/mol. The molecule has 1 amide bonds. The predicted octanol–water partition coefficient (Wildman–Crippen LogP) is 1.31. The normalized spacial score (nSPS) is 9.57. The third-order valence-electron chi connectivity index (χ3n) is 1.51. The van der Waals surface area contributed by atoms with Crippen LogP contribution in [0.2, 0.25) is 0 Å². The summed E-state index contributed by atoms with van der Waals surface area (Å²) in [5.41, 5.74) is -0.757. The van der Waals surface area contributed by atoms with E-state index in [0.717, 1.165) is 18.2 Å². The Morgan fingerprint density at radius 3 is 2.71 bits per heavy atom. The molecule has 1 rings (SSSR count). The molecule has 1 aromatic rings. The topological polar surface area (TPSA) is 72.2 Å². The molecule has 0 aromatic heterocycles. The van der Waals surface area contributed by atoms with Gasteiger partial charge in [0.2, 0.25) is 5.82 Å². The summed E-state index contributed by atoms with van der Waals surface area (Å²) in [5.74, 6) is -1.61. The van der Waals surface area contributed by atoms with Crippen molar-refractivity contribution in [3.63, 3.8) is 0 Å². The van der Waals surface area contributed by atoms with Gasteiger partial charge in [-0.1, -0.05) is 12.8 Å². The van der Waals surface area contributed by atoms with Crippen LogP contribution in [0.15, 0.2) is 18.2 Å². The van der Waals surface area contributed by atoms with E-state index in [1.807, 2.05) is 4.72 Å². The van der Waals surface area contributed by atoms with Crippen LogP contribution in [0.4, 0.5) is 10.1 Å². The van der Waals surface area contributed by atoms with E-state index in [4.69, 9.17) is 0 Å². The maximum absolute atomic E-state index is 12.8. The lowest BCUT2D eigenvalue weighted by Crippen LogP contribution is -2.12. The number of hydrogen-bond acceptors (Lipinski definition) is 4. The first-order valence-electron chi connectivity index (χ1n) is 3.44. The van der Waals surface area contributed by atoms with Crippen molar-refractivity contribution >= 4 is 24.4 Å². The van der Waals surface area contributed by atoms with Crippen molar-refractivity contribution in [1.82, 2.24) is 4.72 Å². The maximum Gasteiger partial charge on any atom is 0.305 e. The van der Waals surface area contributed by atoms with Crippen molar-refractivity contribution < 1.29 is 14.1 Å². The lowest BCUT2D eigenvalue weighted by molar-refractivity contribution is -0.387. The first kappa shape index (κ1) is 10.5. The van der Waals surface area contributed by atoms with Crippen LogP contribution in [0.1, 0.15) is 10.4 Å². The van der Waals surface area contributed by atoms with Crippen molar-refractivity contribution in [1.29, 1.82) is 0 Å². The van der Waals surface area contributed by atoms with Crippen LogP contribution in [-0.4, -0.2) is 10.8 Å². The number of benzene rings is 1. The van der Waals surface area contributed by atoms with Crippen LogP contribution in [0, 0.1) is 15.9 Å². The zero-order chi connectivity index (χ0) is 10.7. The van der Waals surface area contributed by atoms with Crippen molar-refractivity contribution in [3.05, 3.63) is 39.7 Å². The molecule has 5 nitrogen and oxygen atoms in total. The van der Waals surface area contributed by atoms with Crippen LogP contribution in [-0.2, 0) is 0 Å². The highest BCUT2D eigenvalue weighted by Crippen LogP contribution is 2.18. The molecule has 0 fully saturated rings. The number of carbonyl (C=O) groups is 1. The van der Waals surface area contributed by atoms with Gasteiger partial charge in [-0.2, -0.15) is 4.39 Å². The monoisotopic (exact) mass is 216 g/mol. The van der Waals surface area contributed by atoms with Gasteiger partial charge in [0.15, 0.2) is 0 Å². The minimum absolute atomic E-state index is 0.0203. The summed E-state index contributed by atoms with van der Waals surface area (Å²) in [4.78, 5) is 20.4. The number of halogens is 1. The number of rotatable bonds is 2. The SMILES string of the molecule is O=C(NS)c1ccc(F)c([N+](=O)[O-])c1. The summed E-state index contributed by atoms with van der Waals surface area (Å²) < 4.78 is 14.8. The Morgan fingerprint density at radius 2 is 2.21 bits per heavy atom. The second kappa shape index (κ2) is 4.05. The molecule has 14 heavy (non-hydrogen) atoms. The molecule has 1 aromatic carbocycles. The van der Waals surface area contributed by atoms with Crippen LogP contribution < -0.4 is 4.72 Å². The van der Waals surface area contributed by atoms with Gasteiger partial charge in [-0.15, -0.1) is 0 Å². The summed E-state index contributed by atoms with van der Waals surface area (Å²) in [5, 5.41) is 10.3. The first-order valence-corrected chi connectivity index (χ1v) is 3.89. The molecule has 0 spiro atoms. The zero-order valence-electron chi connectivity index (χ0n) is 6.73. The first-order chi connectivity index (χ1) is 6.56. The van der Waals surface area contributed by atoms with E-state index in [1.165, 1.54) is 0 Å². The third kappa shape index (κ3) is 1.99. The number of thiol groups is 1. The quantitative estimate of drug-likeness (QED) is 0.444. The average molecular weight is 216 g/mol. The summed E-state index contributed by atoms with van der Waals surface area (Å²) in [7, 11) is 0. The van der Waals surface area contributed by atoms with Gasteiger partial charge >= 0.3 is 5.69 Å². The molecule has 0 heterocycles. The minimum Gasteiger partial charge on any atom is -0.299 e. The highest BCUT2D eigenvalue weighted by molar-refractivity contribution is 7.78. The fourth-order valence-corrected chi connectivity index (χ4v) is 0.987. The molecule has 74 valence electrons. The van der Waals surface area contributed by atoms with E-state index in [0.29, 0.717) is 0 Å². The average Bonchev–Trinajstić information content (AvgIpc) is 2.17. The molecule has 1 N–H and O–H groups in total. The maximum atomic E-state index is 12.8. The van der Waals surface area contributed by atoms with Gasteiger partial charge in [-0.05, 0) is 12.1 Å². The fourth-order valence-electron chi connectivity index (χ4n) is 0.858. The highest BCUT2D eigenvalue weighted by Gasteiger charge is 2.16. The Kier molecular flexibility index (Phi) is 3.03. The molecule has 0 aliphatic heterocycles. The smallest absolute Gasteiger partial charge is 0.299 e. The van der Waals surface area contributed by atoms with Gasteiger partial charge < -0.3 is 0 Å². The molecular formula is C7H5FN2O3S. The van der Waals surface area contributed by atoms with E-state index in [1.54, 1.807) is 0 Å². The fraction of sp³-hybridized carbons (Fsp3) is 0. The van der Waals surface area contributed by atoms with Gasteiger partial charge in [0, 0.05) is 11.6 Å². The summed E-state index contributed by atoms with van der Waals surface area (Å²) >= 11 is 3.48. The summed E-state index contributed by atoms with van der Waals surface area (Å²) in [6.45, 7) is 0. The number of nitro benzene ring substituents is 1. The number of nitrogens with one attached hydrogen (secondary N) is 1. The van der Waals surface area contributed by atoms with E-state index in [-0.39, 0.29) is 5.56 Å².